The van der Waals surface area contributed by atoms with Crippen LogP contribution in [-0.2, 0) is 14.3 Å². The van der Waals surface area contributed by atoms with E-state index < -0.39 is 18.4 Å². The van der Waals surface area contributed by atoms with Crippen molar-refractivity contribution in [3.05, 3.63) is 23.8 Å². The van der Waals surface area contributed by atoms with Gasteiger partial charge in [0.05, 0.1) is 29.7 Å². The lowest BCUT2D eigenvalue weighted by atomic mass is 9.81. The smallest absolute Gasteiger partial charge is 0.387 e. The van der Waals surface area contributed by atoms with Crippen LogP contribution in [0.15, 0.2) is 18.2 Å². The Morgan fingerprint density at radius 1 is 1.17 bits per heavy atom. The lowest BCUT2D eigenvalue weighted by molar-refractivity contribution is -0.125. The molecule has 0 unspecified atom stereocenters. The Balaban J connectivity index is 1.75. The Labute approximate surface area is 131 Å². The molecule has 3 fully saturated rings. The topological polar surface area (TPSA) is 55.8 Å². The molecule has 2 bridgehead atoms. The molecule has 7 heteroatoms. The largest absolute Gasteiger partial charge is 0.433 e. The summed E-state index contributed by atoms with van der Waals surface area (Å²) in [6.45, 7) is -1.27. The fraction of sp³-hybridized carbons (Fsp3) is 0.500. The summed E-state index contributed by atoms with van der Waals surface area (Å²) in [5.41, 5.74) is 0.840. The van der Waals surface area contributed by atoms with Crippen molar-refractivity contribution in [2.24, 2.45) is 11.8 Å². The van der Waals surface area contributed by atoms with Crippen molar-refractivity contribution in [1.82, 2.24) is 0 Å². The van der Waals surface area contributed by atoms with Crippen LogP contribution < -0.4 is 9.64 Å². The van der Waals surface area contributed by atoms with Crippen LogP contribution in [0.5, 0.6) is 5.75 Å². The maximum atomic E-state index is 12.7. The van der Waals surface area contributed by atoms with Crippen LogP contribution in [0.2, 0.25) is 0 Å². The zero-order chi connectivity index (χ0) is 16.3. The van der Waals surface area contributed by atoms with Crippen LogP contribution in [0.4, 0.5) is 14.5 Å². The third-order valence-electron chi connectivity index (χ3n) is 4.86. The molecule has 4 rings (SSSR count). The molecule has 0 saturated carbocycles. The summed E-state index contributed by atoms with van der Waals surface area (Å²) in [5.74, 6) is -1.92. The highest BCUT2D eigenvalue weighted by molar-refractivity contribution is 6.23. The summed E-state index contributed by atoms with van der Waals surface area (Å²) in [7, 11) is 0. The Kier molecular flexibility index (Phi) is 3.16. The number of nitrogens with zero attached hydrogens (tertiary/aromatic N) is 1. The van der Waals surface area contributed by atoms with Crippen molar-refractivity contribution < 1.29 is 27.8 Å². The van der Waals surface area contributed by atoms with Crippen LogP contribution in [0.3, 0.4) is 0 Å². The average Bonchev–Trinajstić information content (AvgIpc) is 3.15. The van der Waals surface area contributed by atoms with Crippen molar-refractivity contribution in [1.29, 1.82) is 0 Å². The molecule has 0 radical (unpaired) electrons. The van der Waals surface area contributed by atoms with Gasteiger partial charge in [0.15, 0.2) is 0 Å². The Morgan fingerprint density at radius 2 is 1.78 bits per heavy atom. The van der Waals surface area contributed by atoms with Gasteiger partial charge in [0, 0.05) is 0 Å². The van der Waals surface area contributed by atoms with E-state index >= 15 is 0 Å². The van der Waals surface area contributed by atoms with E-state index in [1.807, 2.05) is 0 Å². The molecule has 3 heterocycles. The van der Waals surface area contributed by atoms with Gasteiger partial charge in [-0.15, -0.1) is 0 Å². The number of carbonyl (C=O) groups is 2. The van der Waals surface area contributed by atoms with Crippen molar-refractivity contribution in [2.75, 3.05) is 4.90 Å². The lowest BCUT2D eigenvalue weighted by Crippen LogP contribution is -2.34. The molecule has 0 aromatic heterocycles. The molecule has 23 heavy (non-hydrogen) atoms. The number of hydrogen-bond donors (Lipinski definition) is 0. The summed E-state index contributed by atoms with van der Waals surface area (Å²) in [6, 6.07) is 4.48. The van der Waals surface area contributed by atoms with Gasteiger partial charge in [-0.05, 0) is 37.5 Å². The second kappa shape index (κ2) is 4.99. The molecule has 0 aliphatic carbocycles. The number of carbonyl (C=O) groups excluding carboxylic acids is 2. The van der Waals surface area contributed by atoms with Gasteiger partial charge in [-0.1, -0.05) is 6.07 Å². The van der Waals surface area contributed by atoms with Gasteiger partial charge in [-0.2, -0.15) is 8.78 Å². The zero-order valence-corrected chi connectivity index (χ0v) is 12.4. The molecule has 122 valence electrons. The number of anilines is 1. The molecule has 0 N–H and O–H groups in total. The summed E-state index contributed by atoms with van der Waals surface area (Å²) in [5, 5.41) is 0. The molecular formula is C16H15F2NO4. The van der Waals surface area contributed by atoms with Crippen LogP contribution in [0, 0.1) is 18.8 Å². The minimum Gasteiger partial charge on any atom is -0.433 e. The molecule has 2 amide bonds. The number of aryl methyl sites for hydroxylation is 1. The second-order valence-electron chi connectivity index (χ2n) is 6.20. The van der Waals surface area contributed by atoms with Gasteiger partial charge in [-0.25, -0.2) is 4.90 Å². The van der Waals surface area contributed by atoms with Crippen molar-refractivity contribution in [3.63, 3.8) is 0 Å². The fourth-order valence-corrected chi connectivity index (χ4v) is 3.95. The SMILES string of the molecule is Cc1ccc(OC(F)F)c(N2C(=O)[C@H]3[C@H](C2=O)[C@H]2CC[C@H]3O2)c1. The third-order valence-corrected chi connectivity index (χ3v) is 4.86. The standard InChI is InChI=1S/C16H15F2NO4/c1-7-2-3-9(23-16(17)18)8(6-7)19-14(20)12-10-4-5-11(22-10)13(12)15(19)21/h2-3,6,10-13,16H,4-5H2,1H3/t10-,11-,12-,13-/m1/s1. The Morgan fingerprint density at radius 3 is 2.35 bits per heavy atom. The summed E-state index contributed by atoms with van der Waals surface area (Å²) in [4.78, 5) is 26.4. The van der Waals surface area contributed by atoms with E-state index in [9.17, 15) is 18.4 Å². The van der Waals surface area contributed by atoms with E-state index in [2.05, 4.69) is 4.74 Å². The minimum absolute atomic E-state index is 0.0918. The molecule has 1 aromatic rings. The highest BCUT2D eigenvalue weighted by Crippen LogP contribution is 2.50. The van der Waals surface area contributed by atoms with Gasteiger partial charge in [-0.3, -0.25) is 9.59 Å². The molecule has 1 aromatic carbocycles. The van der Waals surface area contributed by atoms with Crippen LogP contribution in [-0.4, -0.2) is 30.6 Å². The van der Waals surface area contributed by atoms with Crippen molar-refractivity contribution >= 4 is 17.5 Å². The van der Waals surface area contributed by atoms with Gasteiger partial charge in [0.2, 0.25) is 11.8 Å². The van der Waals surface area contributed by atoms with Gasteiger partial charge >= 0.3 is 6.61 Å². The van der Waals surface area contributed by atoms with Crippen LogP contribution in [0.25, 0.3) is 0 Å². The van der Waals surface area contributed by atoms with E-state index in [-0.39, 0.29) is 35.5 Å². The van der Waals surface area contributed by atoms with Crippen LogP contribution >= 0.6 is 0 Å². The predicted molar refractivity (Wildman–Crippen MR) is 75.2 cm³/mol. The molecule has 3 aliphatic heterocycles. The summed E-state index contributed by atoms with van der Waals surface area (Å²) in [6.07, 6.45) is 1.03. The van der Waals surface area contributed by atoms with E-state index in [1.165, 1.54) is 12.1 Å². The van der Waals surface area contributed by atoms with Gasteiger partial charge in [0.25, 0.3) is 0 Å². The minimum atomic E-state index is -3.02. The molecule has 3 aliphatic rings. The fourth-order valence-electron chi connectivity index (χ4n) is 3.95. The predicted octanol–water partition coefficient (Wildman–Crippen LogP) is 2.26. The van der Waals surface area contributed by atoms with Gasteiger partial charge in [0.1, 0.15) is 5.75 Å². The number of hydrogen-bond acceptors (Lipinski definition) is 4. The molecule has 5 nitrogen and oxygen atoms in total. The van der Waals surface area contributed by atoms with E-state index in [0.29, 0.717) is 0 Å². The lowest BCUT2D eigenvalue weighted by Gasteiger charge is -2.21. The molecule has 4 atom stereocenters. The number of fused-ring (bicyclic) bond motifs is 5. The number of rotatable bonds is 3. The maximum Gasteiger partial charge on any atom is 0.387 e. The number of imide groups is 1. The summed E-state index contributed by atoms with van der Waals surface area (Å²) < 4.78 is 35.4. The summed E-state index contributed by atoms with van der Waals surface area (Å²) >= 11 is 0. The molecular weight excluding hydrogens is 308 g/mol. The average molecular weight is 323 g/mol. The molecule has 3 saturated heterocycles. The van der Waals surface area contributed by atoms with E-state index in [0.717, 1.165) is 23.3 Å². The van der Waals surface area contributed by atoms with E-state index in [1.54, 1.807) is 13.0 Å². The van der Waals surface area contributed by atoms with Crippen molar-refractivity contribution in [3.8, 4) is 5.75 Å². The number of ether oxygens (including phenoxy) is 2. The zero-order valence-electron chi connectivity index (χ0n) is 12.4. The Hall–Kier alpha value is -2.02. The molecule has 0 spiro atoms. The second-order valence-corrected chi connectivity index (χ2v) is 6.20. The first-order valence-electron chi connectivity index (χ1n) is 7.56. The first kappa shape index (κ1) is 14.6. The number of amides is 2. The third kappa shape index (κ3) is 2.06. The first-order valence-corrected chi connectivity index (χ1v) is 7.56. The maximum absolute atomic E-state index is 12.7. The first-order chi connectivity index (χ1) is 11.0. The van der Waals surface area contributed by atoms with Crippen molar-refractivity contribution in [2.45, 2.75) is 38.6 Å². The Bertz CT molecular complexity index is 665. The number of benzene rings is 1. The normalized spacial score (nSPS) is 32.1. The number of alkyl halides is 2. The van der Waals surface area contributed by atoms with Gasteiger partial charge < -0.3 is 9.47 Å². The number of halogens is 2. The quantitative estimate of drug-likeness (QED) is 0.801. The highest BCUT2D eigenvalue weighted by Gasteiger charge is 2.62. The monoisotopic (exact) mass is 323 g/mol. The van der Waals surface area contributed by atoms with Crippen LogP contribution in [0.1, 0.15) is 18.4 Å². The van der Waals surface area contributed by atoms with E-state index in [4.69, 9.17) is 4.74 Å². The highest BCUT2D eigenvalue weighted by atomic mass is 19.3.